The van der Waals surface area contributed by atoms with Crippen LogP contribution in [0.25, 0.3) is 10.9 Å². The Balaban J connectivity index is 2.06. The van der Waals surface area contributed by atoms with Crippen molar-refractivity contribution in [2.24, 2.45) is 0 Å². The molecule has 0 unspecified atom stereocenters. The lowest BCUT2D eigenvalue weighted by atomic mass is 10.2. The van der Waals surface area contributed by atoms with Crippen LogP contribution in [-0.4, -0.2) is 47.3 Å². The highest BCUT2D eigenvalue weighted by Crippen LogP contribution is 2.23. The first-order valence-electron chi connectivity index (χ1n) is 7.05. The van der Waals surface area contributed by atoms with Gasteiger partial charge in [-0.2, -0.15) is 0 Å². The lowest BCUT2D eigenvalue weighted by molar-refractivity contribution is 0.0807. The summed E-state index contributed by atoms with van der Waals surface area (Å²) < 4.78 is 7.24. The van der Waals surface area contributed by atoms with Gasteiger partial charge in [-0.25, -0.2) is 4.98 Å². The lowest BCUT2D eigenvalue weighted by Gasteiger charge is -2.19. The molecule has 1 fully saturated rings. The Bertz CT molecular complexity index is 716. The van der Waals surface area contributed by atoms with Crippen LogP contribution in [0.5, 0.6) is 0 Å². The molecule has 2 atom stereocenters. The third-order valence-electron chi connectivity index (χ3n) is 4.17. The molecule has 0 spiro atoms. The summed E-state index contributed by atoms with van der Waals surface area (Å²) in [5, 5.41) is 1.17. The zero-order valence-corrected chi connectivity index (χ0v) is 12.9. The van der Waals surface area contributed by atoms with E-state index in [1.165, 1.54) is 0 Å². The zero-order chi connectivity index (χ0) is 15.0. The van der Waals surface area contributed by atoms with E-state index in [0.29, 0.717) is 15.9 Å². The normalized spacial score (nSPS) is 23.0. The van der Waals surface area contributed by atoms with E-state index in [-0.39, 0.29) is 17.7 Å². The molecule has 0 radical (unpaired) electrons. The van der Waals surface area contributed by atoms with Crippen LogP contribution in [0, 0.1) is 0 Å². The fourth-order valence-electron chi connectivity index (χ4n) is 2.93. The number of hydrogen-bond acceptors (Lipinski definition) is 4. The minimum Gasteiger partial charge on any atom is -0.378 e. The van der Waals surface area contributed by atoms with Gasteiger partial charge in [-0.3, -0.25) is 14.3 Å². The summed E-state index contributed by atoms with van der Waals surface area (Å²) in [4.78, 5) is 19.3. The Morgan fingerprint density at radius 1 is 1.43 bits per heavy atom. The number of likely N-dealkylation sites (N-methyl/N-ethyl adjacent to an activating group) is 1. The van der Waals surface area contributed by atoms with Crippen LogP contribution in [0.1, 0.15) is 13.0 Å². The van der Waals surface area contributed by atoms with Gasteiger partial charge in [0.15, 0.2) is 0 Å². The van der Waals surface area contributed by atoms with Gasteiger partial charge in [0.25, 0.3) is 5.56 Å². The van der Waals surface area contributed by atoms with Gasteiger partial charge in [0, 0.05) is 25.2 Å². The third kappa shape index (κ3) is 2.57. The molecule has 2 aromatic rings. The van der Waals surface area contributed by atoms with Gasteiger partial charge in [-0.05, 0) is 24.7 Å². The number of fused-ring (bicyclic) bond motifs is 1. The Hall–Kier alpha value is -1.43. The summed E-state index contributed by atoms with van der Waals surface area (Å²) in [5.41, 5.74) is 0.588. The molecule has 0 aliphatic carbocycles. The summed E-state index contributed by atoms with van der Waals surface area (Å²) >= 11 is 5.95. The highest BCUT2D eigenvalue weighted by atomic mass is 35.5. The molecule has 1 aliphatic heterocycles. The molecule has 1 aromatic carbocycles. The average Bonchev–Trinajstić information content (AvgIpc) is 2.90. The maximum Gasteiger partial charge on any atom is 0.261 e. The number of hydrogen-bond donors (Lipinski definition) is 0. The minimum absolute atomic E-state index is 0.00460. The second-order valence-electron chi connectivity index (χ2n) is 5.31. The van der Waals surface area contributed by atoms with Crippen LogP contribution in [-0.2, 0) is 4.74 Å². The van der Waals surface area contributed by atoms with Crippen molar-refractivity contribution < 1.29 is 4.74 Å². The van der Waals surface area contributed by atoms with Crippen LogP contribution in [0.4, 0.5) is 0 Å². The smallest absolute Gasteiger partial charge is 0.261 e. The Morgan fingerprint density at radius 2 is 2.24 bits per heavy atom. The number of halogens is 1. The largest absolute Gasteiger partial charge is 0.378 e. The highest BCUT2D eigenvalue weighted by Gasteiger charge is 2.34. The molecule has 2 heterocycles. The lowest BCUT2D eigenvalue weighted by Crippen LogP contribution is -2.32. The number of methoxy groups -OCH3 is 1. The number of aromatic nitrogens is 2. The summed E-state index contributed by atoms with van der Waals surface area (Å²) in [5.74, 6) is 0. The van der Waals surface area contributed by atoms with Crippen molar-refractivity contribution in [2.45, 2.75) is 19.1 Å². The predicted octanol–water partition coefficient (Wildman–Crippen LogP) is 1.94. The molecule has 21 heavy (non-hydrogen) atoms. The molecule has 0 N–H and O–H groups in total. The molecule has 3 rings (SSSR count). The van der Waals surface area contributed by atoms with Crippen LogP contribution < -0.4 is 5.56 Å². The van der Waals surface area contributed by atoms with E-state index in [9.17, 15) is 4.79 Å². The molecule has 112 valence electrons. The van der Waals surface area contributed by atoms with E-state index in [0.717, 1.165) is 19.6 Å². The monoisotopic (exact) mass is 307 g/mol. The SMILES string of the molecule is CCN1C[C@H](OC)[C@@H](n2cnc3cc(Cl)ccc3c2=O)C1. The van der Waals surface area contributed by atoms with E-state index in [4.69, 9.17) is 16.3 Å². The predicted molar refractivity (Wildman–Crippen MR) is 83.0 cm³/mol. The van der Waals surface area contributed by atoms with Crippen LogP contribution in [0.15, 0.2) is 29.3 Å². The van der Waals surface area contributed by atoms with Crippen molar-refractivity contribution in [3.63, 3.8) is 0 Å². The molecule has 0 saturated carbocycles. The number of benzene rings is 1. The van der Waals surface area contributed by atoms with E-state index in [1.54, 1.807) is 36.2 Å². The first-order chi connectivity index (χ1) is 10.1. The molecule has 1 aliphatic rings. The summed E-state index contributed by atoms with van der Waals surface area (Å²) in [7, 11) is 1.69. The molecule has 1 aromatic heterocycles. The molecule has 0 bridgehead atoms. The van der Waals surface area contributed by atoms with Crippen molar-refractivity contribution in [2.75, 3.05) is 26.7 Å². The quantitative estimate of drug-likeness (QED) is 0.869. The van der Waals surface area contributed by atoms with Crippen molar-refractivity contribution in [1.82, 2.24) is 14.5 Å². The van der Waals surface area contributed by atoms with Gasteiger partial charge >= 0.3 is 0 Å². The topological polar surface area (TPSA) is 47.4 Å². The summed E-state index contributed by atoms with van der Waals surface area (Å²) in [6.45, 7) is 4.69. The third-order valence-corrected chi connectivity index (χ3v) is 4.40. The molecule has 5 nitrogen and oxygen atoms in total. The van der Waals surface area contributed by atoms with Crippen LogP contribution >= 0.6 is 11.6 Å². The van der Waals surface area contributed by atoms with Crippen LogP contribution in [0.3, 0.4) is 0 Å². The number of nitrogens with zero attached hydrogens (tertiary/aromatic N) is 3. The highest BCUT2D eigenvalue weighted by molar-refractivity contribution is 6.31. The summed E-state index contributed by atoms with van der Waals surface area (Å²) in [6.07, 6.45) is 1.62. The van der Waals surface area contributed by atoms with Gasteiger partial charge in [0.1, 0.15) is 0 Å². The molecular formula is C15H18ClN3O2. The van der Waals surface area contributed by atoms with E-state index < -0.39 is 0 Å². The van der Waals surface area contributed by atoms with E-state index in [1.807, 2.05) is 0 Å². The van der Waals surface area contributed by atoms with Gasteiger partial charge in [-0.15, -0.1) is 0 Å². The Kier molecular flexibility index (Phi) is 3.97. The Labute approximate surface area is 128 Å². The molecule has 0 amide bonds. The number of ether oxygens (including phenoxy) is 1. The first kappa shape index (κ1) is 14.5. The number of rotatable bonds is 3. The molecule has 6 heteroatoms. The maximum absolute atomic E-state index is 12.7. The Morgan fingerprint density at radius 3 is 2.95 bits per heavy atom. The van der Waals surface area contributed by atoms with Crippen molar-refractivity contribution in [3.8, 4) is 0 Å². The maximum atomic E-state index is 12.7. The first-order valence-corrected chi connectivity index (χ1v) is 7.43. The molecule has 1 saturated heterocycles. The summed E-state index contributed by atoms with van der Waals surface area (Å²) in [6, 6.07) is 5.16. The second-order valence-corrected chi connectivity index (χ2v) is 5.75. The molecular weight excluding hydrogens is 290 g/mol. The fourth-order valence-corrected chi connectivity index (χ4v) is 3.10. The standard InChI is InChI=1S/C15H18ClN3O2/c1-3-18-7-13(14(8-18)21-2)19-9-17-12-6-10(16)4-5-11(12)15(19)20/h4-6,9,13-14H,3,7-8H2,1-2H3/t13-,14-/m0/s1. The van der Waals surface area contributed by atoms with Crippen molar-refractivity contribution >= 4 is 22.5 Å². The second kappa shape index (κ2) is 5.75. The van der Waals surface area contributed by atoms with E-state index in [2.05, 4.69) is 16.8 Å². The fraction of sp³-hybridized carbons (Fsp3) is 0.467. The zero-order valence-electron chi connectivity index (χ0n) is 12.1. The average molecular weight is 308 g/mol. The van der Waals surface area contributed by atoms with Gasteiger partial charge < -0.3 is 4.74 Å². The van der Waals surface area contributed by atoms with Crippen molar-refractivity contribution in [3.05, 3.63) is 39.9 Å². The van der Waals surface area contributed by atoms with E-state index >= 15 is 0 Å². The van der Waals surface area contributed by atoms with Gasteiger partial charge in [0.2, 0.25) is 0 Å². The minimum atomic E-state index is -0.0401. The number of likely N-dealkylation sites (tertiary alicyclic amines) is 1. The van der Waals surface area contributed by atoms with Crippen LogP contribution in [0.2, 0.25) is 5.02 Å². The van der Waals surface area contributed by atoms with Crippen molar-refractivity contribution in [1.29, 1.82) is 0 Å². The van der Waals surface area contributed by atoms with Gasteiger partial charge in [-0.1, -0.05) is 18.5 Å². The van der Waals surface area contributed by atoms with Gasteiger partial charge in [0.05, 0.1) is 29.4 Å².